The van der Waals surface area contributed by atoms with E-state index in [0.29, 0.717) is 18.1 Å². The first-order valence-corrected chi connectivity index (χ1v) is 8.80. The van der Waals surface area contributed by atoms with E-state index in [9.17, 15) is 0 Å². The van der Waals surface area contributed by atoms with Gasteiger partial charge in [0.15, 0.2) is 11.5 Å². The van der Waals surface area contributed by atoms with Crippen LogP contribution in [0.1, 0.15) is 24.0 Å². The summed E-state index contributed by atoms with van der Waals surface area (Å²) in [6, 6.07) is 13.5. The summed E-state index contributed by atoms with van der Waals surface area (Å²) in [6.45, 7) is 2.54. The zero-order chi connectivity index (χ0) is 16.9. The molecule has 2 aromatic rings. The summed E-state index contributed by atoms with van der Waals surface area (Å²) in [5, 5.41) is 0.719. The molecule has 1 fully saturated rings. The summed E-state index contributed by atoms with van der Waals surface area (Å²) < 4.78 is 11.4. The second kappa shape index (κ2) is 7.86. The molecule has 0 atom stereocenters. The van der Waals surface area contributed by atoms with E-state index in [0.717, 1.165) is 34.2 Å². The number of benzene rings is 2. The molecule has 3 nitrogen and oxygen atoms in total. The molecule has 3 rings (SSSR count). The highest BCUT2D eigenvalue weighted by Crippen LogP contribution is 2.30. The largest absolute Gasteiger partial charge is 0.493 e. The number of likely N-dealkylation sites (tertiary alicyclic amines) is 1. The fourth-order valence-corrected chi connectivity index (χ4v) is 3.20. The number of nitrogens with zero attached hydrogens (tertiary/aromatic N) is 1. The van der Waals surface area contributed by atoms with Gasteiger partial charge in [-0.05, 0) is 48.7 Å². The average molecular weight is 362 g/mol. The molecule has 5 heteroatoms. The molecule has 0 radical (unpaired) electrons. The Hall–Kier alpha value is -1.78. The monoisotopic (exact) mass is 361 g/mol. The second-order valence-corrected chi connectivity index (χ2v) is 6.60. The Balaban J connectivity index is 1.71. The molecule has 0 unspecified atom stereocenters. The van der Waals surface area contributed by atoms with Gasteiger partial charge in [0.25, 0.3) is 0 Å². The van der Waals surface area contributed by atoms with E-state index in [4.69, 9.17) is 33.3 Å². The Morgan fingerprint density at radius 1 is 1.08 bits per heavy atom. The zero-order valence-corrected chi connectivity index (χ0v) is 15.2. The van der Waals surface area contributed by atoms with Gasteiger partial charge in [0.2, 0.25) is 0 Å². The van der Waals surface area contributed by atoms with E-state index in [1.807, 2.05) is 42.5 Å². The Kier molecular flexibility index (Phi) is 5.59. The van der Waals surface area contributed by atoms with Crippen molar-refractivity contribution in [2.45, 2.75) is 19.4 Å². The van der Waals surface area contributed by atoms with E-state index in [2.05, 4.69) is 4.90 Å². The quantitative estimate of drug-likeness (QED) is 0.719. The molecule has 1 aliphatic rings. The van der Waals surface area contributed by atoms with Crippen LogP contribution in [0, 0.1) is 0 Å². The first-order chi connectivity index (χ1) is 11.7. The SMILES string of the molecule is COc1cc(C(=S)N2CCCC2)ccc1OCc1ccc(Cl)cc1. The third kappa shape index (κ3) is 4.00. The van der Waals surface area contributed by atoms with Crippen LogP contribution >= 0.6 is 23.8 Å². The summed E-state index contributed by atoms with van der Waals surface area (Å²) in [7, 11) is 1.65. The van der Waals surface area contributed by atoms with Crippen molar-refractivity contribution in [3.63, 3.8) is 0 Å². The maximum absolute atomic E-state index is 5.90. The van der Waals surface area contributed by atoms with Gasteiger partial charge in [-0.3, -0.25) is 0 Å². The number of hydrogen-bond acceptors (Lipinski definition) is 3. The molecular weight excluding hydrogens is 342 g/mol. The number of ether oxygens (including phenoxy) is 2. The van der Waals surface area contributed by atoms with E-state index in [1.54, 1.807) is 7.11 Å². The van der Waals surface area contributed by atoms with Gasteiger partial charge < -0.3 is 14.4 Å². The van der Waals surface area contributed by atoms with E-state index >= 15 is 0 Å². The van der Waals surface area contributed by atoms with Crippen LogP contribution < -0.4 is 9.47 Å². The minimum absolute atomic E-state index is 0.462. The first-order valence-electron chi connectivity index (χ1n) is 8.02. The fraction of sp³-hybridized carbons (Fsp3) is 0.316. The normalized spacial score (nSPS) is 13.8. The van der Waals surface area contributed by atoms with Crippen molar-refractivity contribution in [3.8, 4) is 11.5 Å². The molecule has 24 heavy (non-hydrogen) atoms. The average Bonchev–Trinajstić information content (AvgIpc) is 3.15. The predicted molar refractivity (Wildman–Crippen MR) is 101 cm³/mol. The van der Waals surface area contributed by atoms with Crippen molar-refractivity contribution in [2.75, 3.05) is 20.2 Å². The number of methoxy groups -OCH3 is 1. The van der Waals surface area contributed by atoms with Crippen molar-refractivity contribution in [1.29, 1.82) is 0 Å². The molecule has 1 aliphatic heterocycles. The highest BCUT2D eigenvalue weighted by molar-refractivity contribution is 7.80. The molecule has 0 N–H and O–H groups in total. The Labute approximate surface area is 153 Å². The molecule has 0 aliphatic carbocycles. The van der Waals surface area contributed by atoms with Crippen molar-refractivity contribution < 1.29 is 9.47 Å². The molecule has 1 saturated heterocycles. The lowest BCUT2D eigenvalue weighted by Crippen LogP contribution is -2.26. The van der Waals surface area contributed by atoms with Gasteiger partial charge in [-0.25, -0.2) is 0 Å². The van der Waals surface area contributed by atoms with Crippen molar-refractivity contribution >= 4 is 28.8 Å². The molecule has 0 aromatic heterocycles. The Bertz CT molecular complexity index is 712. The third-order valence-electron chi connectivity index (χ3n) is 4.11. The number of thiocarbonyl (C=S) groups is 1. The highest BCUT2D eigenvalue weighted by atomic mass is 35.5. The van der Waals surface area contributed by atoms with E-state index in [-0.39, 0.29) is 0 Å². The van der Waals surface area contributed by atoms with Crippen LogP contribution in [0.3, 0.4) is 0 Å². The summed E-state index contributed by atoms with van der Waals surface area (Å²) in [4.78, 5) is 3.13. The molecule has 2 aromatic carbocycles. The van der Waals surface area contributed by atoms with Gasteiger partial charge in [0, 0.05) is 23.7 Å². The summed E-state index contributed by atoms with van der Waals surface area (Å²) >= 11 is 11.5. The summed E-state index contributed by atoms with van der Waals surface area (Å²) in [6.07, 6.45) is 2.42. The first kappa shape index (κ1) is 17.1. The number of hydrogen-bond donors (Lipinski definition) is 0. The maximum Gasteiger partial charge on any atom is 0.161 e. The number of rotatable bonds is 5. The van der Waals surface area contributed by atoms with Gasteiger partial charge in [-0.1, -0.05) is 36.0 Å². The van der Waals surface area contributed by atoms with Crippen LogP contribution in [0.2, 0.25) is 5.02 Å². The lowest BCUT2D eigenvalue weighted by molar-refractivity contribution is 0.284. The molecule has 126 valence electrons. The van der Waals surface area contributed by atoms with E-state index in [1.165, 1.54) is 12.8 Å². The van der Waals surface area contributed by atoms with Gasteiger partial charge in [-0.15, -0.1) is 0 Å². The van der Waals surface area contributed by atoms with Crippen LogP contribution in [0.15, 0.2) is 42.5 Å². The zero-order valence-electron chi connectivity index (χ0n) is 13.6. The van der Waals surface area contributed by atoms with Gasteiger partial charge in [0.05, 0.1) is 7.11 Å². The number of halogens is 1. The topological polar surface area (TPSA) is 21.7 Å². The lowest BCUT2D eigenvalue weighted by Gasteiger charge is -2.19. The van der Waals surface area contributed by atoms with Crippen LogP contribution in [-0.4, -0.2) is 30.1 Å². The van der Waals surface area contributed by atoms with Crippen LogP contribution in [0.5, 0.6) is 11.5 Å². The smallest absolute Gasteiger partial charge is 0.161 e. The van der Waals surface area contributed by atoms with Crippen molar-refractivity contribution in [1.82, 2.24) is 4.90 Å². The minimum Gasteiger partial charge on any atom is -0.493 e. The van der Waals surface area contributed by atoms with Crippen LogP contribution in [-0.2, 0) is 6.61 Å². The predicted octanol–water partition coefficient (Wildman–Crippen LogP) is 4.70. The standard InChI is InChI=1S/C19H20ClNO2S/c1-22-18-12-15(19(24)21-10-2-3-11-21)6-9-17(18)23-13-14-4-7-16(20)8-5-14/h4-9,12H,2-3,10-11,13H2,1H3. The summed E-state index contributed by atoms with van der Waals surface area (Å²) in [5.41, 5.74) is 2.06. The molecule has 0 amide bonds. The highest BCUT2D eigenvalue weighted by Gasteiger charge is 2.17. The van der Waals surface area contributed by atoms with Crippen molar-refractivity contribution in [3.05, 3.63) is 58.6 Å². The maximum atomic E-state index is 5.90. The third-order valence-corrected chi connectivity index (χ3v) is 4.86. The molecule has 0 saturated carbocycles. The van der Waals surface area contributed by atoms with Crippen molar-refractivity contribution in [2.24, 2.45) is 0 Å². The van der Waals surface area contributed by atoms with Gasteiger partial charge in [0.1, 0.15) is 11.6 Å². The summed E-state index contributed by atoms with van der Waals surface area (Å²) in [5.74, 6) is 1.41. The molecule has 1 heterocycles. The van der Waals surface area contributed by atoms with Gasteiger partial charge >= 0.3 is 0 Å². The minimum atomic E-state index is 0.462. The Morgan fingerprint density at radius 3 is 2.46 bits per heavy atom. The fourth-order valence-electron chi connectivity index (χ4n) is 2.76. The van der Waals surface area contributed by atoms with Crippen LogP contribution in [0.4, 0.5) is 0 Å². The van der Waals surface area contributed by atoms with Gasteiger partial charge in [-0.2, -0.15) is 0 Å². The Morgan fingerprint density at radius 2 is 1.79 bits per heavy atom. The van der Waals surface area contributed by atoms with Crippen LogP contribution in [0.25, 0.3) is 0 Å². The molecule has 0 spiro atoms. The lowest BCUT2D eigenvalue weighted by atomic mass is 10.2. The molecule has 0 bridgehead atoms. The second-order valence-electron chi connectivity index (χ2n) is 5.78. The van der Waals surface area contributed by atoms with E-state index < -0.39 is 0 Å². The molecular formula is C19H20ClNO2S.